The minimum absolute atomic E-state index is 0. The van der Waals surface area contributed by atoms with E-state index in [0.717, 1.165) is 24.7 Å². The van der Waals surface area contributed by atoms with Gasteiger partial charge in [0.2, 0.25) is 0 Å². The summed E-state index contributed by atoms with van der Waals surface area (Å²) in [6.45, 7) is 1.66. The number of halogens is 1. The molecule has 0 spiro atoms. The molecule has 17 heavy (non-hydrogen) atoms. The molecule has 0 bridgehead atoms. The number of hydrogen-bond acceptors (Lipinski definition) is 2. The van der Waals surface area contributed by atoms with Gasteiger partial charge in [-0.1, -0.05) is 30.8 Å². The minimum Gasteiger partial charge on any atom is -0.300 e. The third-order valence-corrected chi connectivity index (χ3v) is 3.26. The molecule has 0 saturated heterocycles. The molecule has 0 unspecified atom stereocenters. The highest BCUT2D eigenvalue weighted by atomic mass is 79.9. The van der Waals surface area contributed by atoms with Gasteiger partial charge < -0.3 is 4.79 Å². The number of ketones is 2. The second-order valence-corrected chi connectivity index (χ2v) is 5.23. The van der Waals surface area contributed by atoms with Gasteiger partial charge in [0.05, 0.1) is 5.33 Å². The molecule has 0 aromatic rings. The topological polar surface area (TPSA) is 34.1 Å². The Hall–Kier alpha value is -0.180. The average molecular weight is 307 g/mol. The lowest BCUT2D eigenvalue weighted by Crippen LogP contribution is -1.98. The fourth-order valence-electron chi connectivity index (χ4n) is 1.43. The van der Waals surface area contributed by atoms with Crippen molar-refractivity contribution >= 4 is 27.5 Å². The van der Waals surface area contributed by atoms with Gasteiger partial charge in [0.25, 0.3) is 0 Å². The predicted octanol–water partition coefficient (Wildman–Crippen LogP) is 4.40. The molecule has 2 nitrogen and oxygen atoms in total. The Morgan fingerprint density at radius 3 is 1.65 bits per heavy atom. The molecule has 3 heteroatoms. The molecule has 2 saturated carbocycles. The third kappa shape index (κ3) is 12.1. The lowest BCUT2D eigenvalue weighted by molar-refractivity contribution is -0.117. The van der Waals surface area contributed by atoms with E-state index in [1.807, 2.05) is 0 Å². The molecule has 2 fully saturated rings. The van der Waals surface area contributed by atoms with Crippen molar-refractivity contribution in [2.45, 2.75) is 60.3 Å². The molecule has 102 valence electrons. The minimum atomic E-state index is 0. The van der Waals surface area contributed by atoms with E-state index in [1.54, 1.807) is 6.92 Å². The summed E-state index contributed by atoms with van der Waals surface area (Å²) >= 11 is 3.12. The van der Waals surface area contributed by atoms with Crippen LogP contribution in [-0.2, 0) is 9.59 Å². The van der Waals surface area contributed by atoms with Gasteiger partial charge in [0.15, 0.2) is 0 Å². The van der Waals surface area contributed by atoms with Crippen molar-refractivity contribution in [3.63, 3.8) is 0 Å². The van der Waals surface area contributed by atoms with E-state index in [4.69, 9.17) is 0 Å². The maximum absolute atomic E-state index is 10.6. The molecule has 0 atom stereocenters. The van der Waals surface area contributed by atoms with Crippen molar-refractivity contribution in [1.82, 2.24) is 0 Å². The highest BCUT2D eigenvalue weighted by Gasteiger charge is 2.23. The summed E-state index contributed by atoms with van der Waals surface area (Å²) in [6, 6.07) is 0. The molecular formula is C14H27BrO2. The fourth-order valence-corrected chi connectivity index (χ4v) is 1.66. The van der Waals surface area contributed by atoms with E-state index >= 15 is 0 Å². The maximum Gasteiger partial charge on any atom is 0.143 e. The van der Waals surface area contributed by atoms with Crippen LogP contribution in [0.1, 0.15) is 60.3 Å². The van der Waals surface area contributed by atoms with Crippen molar-refractivity contribution in [2.24, 2.45) is 11.8 Å². The first-order valence-corrected chi connectivity index (χ1v) is 6.81. The zero-order valence-electron chi connectivity index (χ0n) is 9.30. The van der Waals surface area contributed by atoms with E-state index in [0.29, 0.717) is 16.9 Å². The number of alkyl halides is 1. The molecule has 0 heterocycles. The molecule has 0 aromatic carbocycles. The van der Waals surface area contributed by atoms with E-state index in [1.165, 1.54) is 25.7 Å². The molecule has 0 aromatic heterocycles. The SMILES string of the molecule is C.C.CC(=O)CC1CC1.O=C(CBr)CC1CC1. The second kappa shape index (κ2) is 9.81. The quantitative estimate of drug-likeness (QED) is 0.706. The number of hydrogen-bond donors (Lipinski definition) is 0. The smallest absolute Gasteiger partial charge is 0.143 e. The summed E-state index contributed by atoms with van der Waals surface area (Å²) in [6.07, 6.45) is 6.78. The average Bonchev–Trinajstić information content (AvgIpc) is 3.00. The second-order valence-electron chi connectivity index (χ2n) is 4.67. The van der Waals surface area contributed by atoms with E-state index in [9.17, 15) is 9.59 Å². The van der Waals surface area contributed by atoms with Crippen LogP contribution in [0.5, 0.6) is 0 Å². The summed E-state index contributed by atoms with van der Waals surface area (Å²) in [7, 11) is 0. The zero-order chi connectivity index (χ0) is 11.3. The van der Waals surface area contributed by atoms with Gasteiger partial charge in [-0.3, -0.25) is 4.79 Å². The van der Waals surface area contributed by atoms with E-state index in [2.05, 4.69) is 15.9 Å². The standard InChI is InChI=1S/C6H9BrO.C6H10O.2CH4/c7-4-6(8)3-5-1-2-5;1-5(7)4-6-2-3-6;;/h5H,1-4H2;6H,2-4H2,1H3;2*1H4. The predicted molar refractivity (Wildman–Crippen MR) is 77.6 cm³/mol. The highest BCUT2D eigenvalue weighted by molar-refractivity contribution is 9.09. The van der Waals surface area contributed by atoms with Crippen molar-refractivity contribution in [3.05, 3.63) is 0 Å². The van der Waals surface area contributed by atoms with Gasteiger partial charge >= 0.3 is 0 Å². The molecule has 0 N–H and O–H groups in total. The van der Waals surface area contributed by atoms with E-state index < -0.39 is 0 Å². The van der Waals surface area contributed by atoms with Crippen molar-refractivity contribution in [3.8, 4) is 0 Å². The Morgan fingerprint density at radius 1 is 1.00 bits per heavy atom. The van der Waals surface area contributed by atoms with Crippen LogP contribution in [0.25, 0.3) is 0 Å². The molecule has 2 aliphatic carbocycles. The summed E-state index contributed by atoms with van der Waals surface area (Å²) in [5.41, 5.74) is 0. The zero-order valence-corrected chi connectivity index (χ0v) is 10.9. The lowest BCUT2D eigenvalue weighted by Gasteiger charge is -1.88. The van der Waals surface area contributed by atoms with Crippen LogP contribution >= 0.6 is 15.9 Å². The first-order valence-electron chi connectivity index (χ1n) is 5.69. The van der Waals surface area contributed by atoms with Gasteiger partial charge in [-0.15, -0.1) is 0 Å². The first kappa shape index (κ1) is 19.2. The van der Waals surface area contributed by atoms with Gasteiger partial charge in [-0.25, -0.2) is 0 Å². The summed E-state index contributed by atoms with van der Waals surface area (Å²) in [4.78, 5) is 20.9. The van der Waals surface area contributed by atoms with Gasteiger partial charge in [0.1, 0.15) is 11.6 Å². The first-order chi connectivity index (χ1) is 7.11. The highest BCUT2D eigenvalue weighted by Crippen LogP contribution is 2.32. The Kier molecular flexibility index (Phi) is 11.1. The Morgan fingerprint density at radius 2 is 1.41 bits per heavy atom. The molecule has 0 aliphatic heterocycles. The van der Waals surface area contributed by atoms with Crippen LogP contribution in [0, 0.1) is 11.8 Å². The van der Waals surface area contributed by atoms with Crippen molar-refractivity contribution in [2.75, 3.05) is 5.33 Å². The fraction of sp³-hybridized carbons (Fsp3) is 0.857. The third-order valence-electron chi connectivity index (χ3n) is 2.64. The van der Waals surface area contributed by atoms with Gasteiger partial charge in [-0.05, 0) is 44.4 Å². The van der Waals surface area contributed by atoms with Crippen LogP contribution in [0.15, 0.2) is 0 Å². The normalized spacial score (nSPS) is 16.8. The van der Waals surface area contributed by atoms with Crippen LogP contribution in [-0.4, -0.2) is 16.9 Å². The summed E-state index contributed by atoms with van der Waals surface area (Å²) in [5.74, 6) is 2.23. The lowest BCUT2D eigenvalue weighted by atomic mass is 10.2. The number of rotatable bonds is 5. The number of carbonyl (C=O) groups is 2. The maximum atomic E-state index is 10.6. The van der Waals surface area contributed by atoms with Gasteiger partial charge in [0, 0.05) is 12.8 Å². The Labute approximate surface area is 115 Å². The molecule has 2 rings (SSSR count). The number of carbonyl (C=O) groups excluding carboxylic acids is 2. The largest absolute Gasteiger partial charge is 0.300 e. The molecule has 0 radical (unpaired) electrons. The van der Waals surface area contributed by atoms with Crippen LogP contribution < -0.4 is 0 Å². The molecule has 0 amide bonds. The Balaban J connectivity index is 0. The summed E-state index contributed by atoms with van der Waals surface area (Å²) in [5, 5.41) is 0.545. The van der Waals surface area contributed by atoms with Crippen molar-refractivity contribution in [1.29, 1.82) is 0 Å². The molecule has 2 aliphatic rings. The van der Waals surface area contributed by atoms with Crippen LogP contribution in [0.3, 0.4) is 0 Å². The summed E-state index contributed by atoms with van der Waals surface area (Å²) < 4.78 is 0. The van der Waals surface area contributed by atoms with Crippen molar-refractivity contribution < 1.29 is 9.59 Å². The Bertz CT molecular complexity index is 230. The van der Waals surface area contributed by atoms with E-state index in [-0.39, 0.29) is 14.9 Å². The monoisotopic (exact) mass is 306 g/mol. The number of Topliss-reactive ketones (excluding diaryl/α,β-unsaturated/α-hetero) is 2. The van der Waals surface area contributed by atoms with Crippen LogP contribution in [0.4, 0.5) is 0 Å². The molecular weight excluding hydrogens is 280 g/mol. The van der Waals surface area contributed by atoms with Crippen LogP contribution in [0.2, 0.25) is 0 Å². The van der Waals surface area contributed by atoms with Gasteiger partial charge in [-0.2, -0.15) is 0 Å².